The molecule has 1 fully saturated rings. The summed E-state index contributed by atoms with van der Waals surface area (Å²) in [5.41, 5.74) is 1.97. The number of aromatic nitrogens is 2. The Bertz CT molecular complexity index is 693. The highest BCUT2D eigenvalue weighted by Crippen LogP contribution is 2.25. The molecule has 1 aliphatic rings. The number of hydrogen-bond donors (Lipinski definition) is 1. The van der Waals surface area contributed by atoms with E-state index in [2.05, 4.69) is 20.2 Å². The van der Waals surface area contributed by atoms with Gasteiger partial charge in [0.25, 0.3) is 0 Å². The molecule has 1 amide bonds. The lowest BCUT2D eigenvalue weighted by Gasteiger charge is -2.33. The van der Waals surface area contributed by atoms with Crippen LogP contribution in [0.5, 0.6) is 0 Å². The molecule has 132 valence electrons. The topological polar surface area (TPSA) is 67.3 Å². The van der Waals surface area contributed by atoms with Crippen LogP contribution < -0.4 is 10.2 Å². The molecule has 0 radical (unpaired) electrons. The van der Waals surface area contributed by atoms with E-state index < -0.39 is 0 Å². The Balaban J connectivity index is 1.68. The van der Waals surface area contributed by atoms with Crippen molar-refractivity contribution in [3.63, 3.8) is 0 Å². The summed E-state index contributed by atoms with van der Waals surface area (Å²) in [6.45, 7) is 2.68. The van der Waals surface area contributed by atoms with Gasteiger partial charge in [0.1, 0.15) is 12.1 Å². The smallest absolute Gasteiger partial charge is 0.224 e. The lowest BCUT2D eigenvalue weighted by molar-refractivity contribution is -0.125. The minimum Gasteiger partial charge on any atom is -0.383 e. The van der Waals surface area contributed by atoms with Crippen LogP contribution >= 0.6 is 0 Å². The fourth-order valence-corrected chi connectivity index (χ4v) is 3.11. The van der Waals surface area contributed by atoms with Crippen LogP contribution in [0.15, 0.2) is 42.7 Å². The van der Waals surface area contributed by atoms with Crippen molar-refractivity contribution >= 4 is 11.7 Å². The van der Waals surface area contributed by atoms with Gasteiger partial charge in [-0.05, 0) is 12.8 Å². The lowest BCUT2D eigenvalue weighted by Crippen LogP contribution is -2.44. The molecule has 2 heterocycles. The van der Waals surface area contributed by atoms with E-state index in [1.165, 1.54) is 0 Å². The van der Waals surface area contributed by atoms with Crippen LogP contribution in [0.2, 0.25) is 0 Å². The summed E-state index contributed by atoms with van der Waals surface area (Å²) in [6.07, 6.45) is 3.49. The van der Waals surface area contributed by atoms with Crippen LogP contribution in [0.1, 0.15) is 12.8 Å². The van der Waals surface area contributed by atoms with Gasteiger partial charge in [0.05, 0.1) is 18.2 Å². The molecule has 0 spiro atoms. The molecule has 0 aliphatic carbocycles. The van der Waals surface area contributed by atoms with E-state index in [0.717, 1.165) is 36.5 Å². The first-order valence-corrected chi connectivity index (χ1v) is 8.67. The monoisotopic (exact) mass is 340 g/mol. The van der Waals surface area contributed by atoms with Crippen LogP contribution in [0.3, 0.4) is 0 Å². The number of methoxy groups -OCH3 is 1. The number of hydrogen-bond acceptors (Lipinski definition) is 5. The summed E-state index contributed by atoms with van der Waals surface area (Å²) in [6, 6.07) is 12.1. The van der Waals surface area contributed by atoms with E-state index in [9.17, 15) is 4.79 Å². The second-order valence-electron chi connectivity index (χ2n) is 6.20. The van der Waals surface area contributed by atoms with E-state index in [0.29, 0.717) is 19.7 Å². The van der Waals surface area contributed by atoms with E-state index in [1.807, 2.05) is 36.4 Å². The van der Waals surface area contributed by atoms with Crippen molar-refractivity contribution in [2.75, 3.05) is 38.3 Å². The van der Waals surface area contributed by atoms with Gasteiger partial charge < -0.3 is 15.0 Å². The third-order valence-corrected chi connectivity index (χ3v) is 4.44. The Kier molecular flexibility index (Phi) is 5.95. The fraction of sp³-hybridized carbons (Fsp3) is 0.421. The summed E-state index contributed by atoms with van der Waals surface area (Å²) in [5, 5.41) is 2.94. The maximum absolute atomic E-state index is 12.3. The quantitative estimate of drug-likeness (QED) is 0.816. The van der Waals surface area contributed by atoms with Gasteiger partial charge in [-0.2, -0.15) is 0 Å². The molecule has 1 atom stereocenters. The number of amides is 1. The van der Waals surface area contributed by atoms with Gasteiger partial charge in [0.2, 0.25) is 5.91 Å². The standard InChI is InChI=1S/C19H24N4O2/c1-25-11-9-20-19(24)16-8-5-10-23(13-16)18-12-17(21-14-22-18)15-6-3-2-4-7-15/h2-4,6-7,12,14,16H,5,8-11,13H2,1H3,(H,20,24). The maximum Gasteiger partial charge on any atom is 0.224 e. The minimum absolute atomic E-state index is 0.0132. The molecule has 1 saturated heterocycles. The molecule has 25 heavy (non-hydrogen) atoms. The normalized spacial score (nSPS) is 17.3. The number of carbonyl (C=O) groups is 1. The van der Waals surface area contributed by atoms with E-state index in [4.69, 9.17) is 4.74 Å². The van der Waals surface area contributed by atoms with Crippen molar-refractivity contribution < 1.29 is 9.53 Å². The second-order valence-corrected chi connectivity index (χ2v) is 6.20. The van der Waals surface area contributed by atoms with Crippen molar-refractivity contribution in [2.45, 2.75) is 12.8 Å². The first kappa shape index (κ1) is 17.4. The van der Waals surface area contributed by atoms with Crippen LogP contribution in [-0.2, 0) is 9.53 Å². The zero-order valence-corrected chi connectivity index (χ0v) is 14.5. The van der Waals surface area contributed by atoms with Crippen LogP contribution in [0.4, 0.5) is 5.82 Å². The third kappa shape index (κ3) is 4.54. The number of rotatable bonds is 6. The highest BCUT2D eigenvalue weighted by atomic mass is 16.5. The molecular formula is C19H24N4O2. The van der Waals surface area contributed by atoms with E-state index >= 15 is 0 Å². The Morgan fingerprint density at radius 1 is 1.32 bits per heavy atom. The Labute approximate surface area is 148 Å². The maximum atomic E-state index is 12.3. The zero-order valence-electron chi connectivity index (χ0n) is 14.5. The number of ether oxygens (including phenoxy) is 1. The predicted octanol–water partition coefficient (Wildman–Crippen LogP) is 2.12. The van der Waals surface area contributed by atoms with Crippen molar-refractivity contribution in [1.82, 2.24) is 15.3 Å². The molecule has 1 aromatic heterocycles. The lowest BCUT2D eigenvalue weighted by atomic mass is 9.97. The molecule has 6 heteroatoms. The van der Waals surface area contributed by atoms with E-state index in [1.54, 1.807) is 13.4 Å². The molecule has 3 rings (SSSR count). The van der Waals surface area contributed by atoms with Gasteiger partial charge in [-0.1, -0.05) is 30.3 Å². The van der Waals surface area contributed by atoms with Gasteiger partial charge in [0.15, 0.2) is 0 Å². The molecular weight excluding hydrogens is 316 g/mol. The molecule has 1 unspecified atom stereocenters. The van der Waals surface area contributed by atoms with Gasteiger partial charge in [-0.25, -0.2) is 9.97 Å². The molecule has 2 aromatic rings. The van der Waals surface area contributed by atoms with Gasteiger partial charge >= 0.3 is 0 Å². The summed E-state index contributed by atoms with van der Waals surface area (Å²) in [4.78, 5) is 23.3. The number of nitrogens with zero attached hydrogens (tertiary/aromatic N) is 3. The Morgan fingerprint density at radius 3 is 2.96 bits per heavy atom. The number of nitrogens with one attached hydrogen (secondary N) is 1. The van der Waals surface area contributed by atoms with Gasteiger partial charge in [-0.15, -0.1) is 0 Å². The first-order chi connectivity index (χ1) is 12.3. The van der Waals surface area contributed by atoms with Crippen LogP contribution in [-0.4, -0.2) is 49.2 Å². The molecule has 1 N–H and O–H groups in total. The first-order valence-electron chi connectivity index (χ1n) is 8.67. The largest absolute Gasteiger partial charge is 0.383 e. The zero-order chi connectivity index (χ0) is 17.5. The van der Waals surface area contributed by atoms with Crippen molar-refractivity contribution in [1.29, 1.82) is 0 Å². The second kappa shape index (κ2) is 8.58. The van der Waals surface area contributed by atoms with Gasteiger partial charge in [0, 0.05) is 38.4 Å². The Morgan fingerprint density at radius 2 is 2.16 bits per heavy atom. The van der Waals surface area contributed by atoms with Crippen molar-refractivity contribution in [3.8, 4) is 11.3 Å². The molecule has 1 aromatic carbocycles. The highest BCUT2D eigenvalue weighted by molar-refractivity contribution is 5.79. The average Bonchev–Trinajstić information content (AvgIpc) is 2.69. The fourth-order valence-electron chi connectivity index (χ4n) is 3.11. The summed E-state index contributed by atoms with van der Waals surface area (Å²) in [5.74, 6) is 0.961. The highest BCUT2D eigenvalue weighted by Gasteiger charge is 2.26. The number of anilines is 1. The predicted molar refractivity (Wildman–Crippen MR) is 97.3 cm³/mol. The molecule has 0 saturated carbocycles. The summed E-state index contributed by atoms with van der Waals surface area (Å²) in [7, 11) is 1.63. The summed E-state index contributed by atoms with van der Waals surface area (Å²) >= 11 is 0. The van der Waals surface area contributed by atoms with Crippen molar-refractivity contribution in [3.05, 3.63) is 42.7 Å². The van der Waals surface area contributed by atoms with E-state index in [-0.39, 0.29) is 11.8 Å². The van der Waals surface area contributed by atoms with Crippen LogP contribution in [0, 0.1) is 5.92 Å². The van der Waals surface area contributed by atoms with Crippen molar-refractivity contribution in [2.24, 2.45) is 5.92 Å². The molecule has 0 bridgehead atoms. The number of piperidine rings is 1. The molecule has 1 aliphatic heterocycles. The third-order valence-electron chi connectivity index (χ3n) is 4.44. The SMILES string of the molecule is COCCNC(=O)C1CCCN(c2cc(-c3ccccc3)ncn2)C1. The Hall–Kier alpha value is -2.47. The number of carbonyl (C=O) groups excluding carboxylic acids is 1. The minimum atomic E-state index is -0.0132. The van der Waals surface area contributed by atoms with Crippen LogP contribution in [0.25, 0.3) is 11.3 Å². The average molecular weight is 340 g/mol. The number of benzene rings is 1. The summed E-state index contributed by atoms with van der Waals surface area (Å²) < 4.78 is 4.98. The molecule has 6 nitrogen and oxygen atoms in total. The van der Waals surface area contributed by atoms with Gasteiger partial charge in [-0.3, -0.25) is 4.79 Å².